The highest BCUT2D eigenvalue weighted by Crippen LogP contribution is 2.19. The SMILES string of the molecule is CCCCCCCCCC(CCCCCCCC(=O)OCCCCCCCCCCOC(=O)CCCCCCCCC(CCCCCCCC)OC(C)=O)OC(C)=O. The molecule has 0 aromatic carbocycles. The van der Waals surface area contributed by atoms with Crippen LogP contribution in [0.3, 0.4) is 0 Å². The van der Waals surface area contributed by atoms with Gasteiger partial charge in [0, 0.05) is 26.7 Å². The molecule has 0 rings (SSSR count). The van der Waals surface area contributed by atoms with Crippen molar-refractivity contribution < 1.29 is 38.1 Å². The summed E-state index contributed by atoms with van der Waals surface area (Å²) in [5.41, 5.74) is 0. The zero-order valence-electron chi connectivity index (χ0n) is 38.7. The van der Waals surface area contributed by atoms with Gasteiger partial charge in [-0.25, -0.2) is 0 Å². The van der Waals surface area contributed by atoms with Crippen molar-refractivity contribution in [1.82, 2.24) is 0 Å². The van der Waals surface area contributed by atoms with E-state index in [1.54, 1.807) is 0 Å². The molecule has 0 fully saturated rings. The summed E-state index contributed by atoms with van der Waals surface area (Å²) in [4.78, 5) is 47.2. The van der Waals surface area contributed by atoms with Crippen molar-refractivity contribution in [3.63, 3.8) is 0 Å². The van der Waals surface area contributed by atoms with Crippen LogP contribution in [0.4, 0.5) is 0 Å². The lowest BCUT2D eigenvalue weighted by Crippen LogP contribution is -2.16. The van der Waals surface area contributed by atoms with E-state index < -0.39 is 0 Å². The summed E-state index contributed by atoms with van der Waals surface area (Å²) < 4.78 is 22.0. The van der Waals surface area contributed by atoms with E-state index in [2.05, 4.69) is 13.8 Å². The Balaban J connectivity index is 3.56. The molecule has 58 heavy (non-hydrogen) atoms. The molecule has 0 aliphatic rings. The van der Waals surface area contributed by atoms with Crippen molar-refractivity contribution in [2.24, 2.45) is 0 Å². The first-order valence-electron chi connectivity index (χ1n) is 24.9. The van der Waals surface area contributed by atoms with Gasteiger partial charge in [0.05, 0.1) is 13.2 Å². The Labute approximate surface area is 358 Å². The standard InChI is InChI=1S/C50H94O8/c1-5-7-9-11-15-22-30-38-48(58-46(4)52)40-32-24-20-26-34-42-50(54)56-44-36-28-19-14-13-18-27-35-43-55-49(53)41-33-25-17-16-23-31-39-47(57-45(3)51)37-29-21-12-10-8-6-2/h47-48H,5-44H2,1-4H3. The Kier molecular flexibility index (Phi) is 42.8. The molecule has 0 saturated heterocycles. The first kappa shape index (κ1) is 55.9. The lowest BCUT2D eigenvalue weighted by atomic mass is 10.0. The van der Waals surface area contributed by atoms with E-state index in [-0.39, 0.29) is 36.1 Å². The molecule has 0 aromatic rings. The van der Waals surface area contributed by atoms with Crippen LogP contribution in [0.15, 0.2) is 0 Å². The Morgan fingerprint density at radius 3 is 0.845 bits per heavy atom. The van der Waals surface area contributed by atoms with Gasteiger partial charge in [0.2, 0.25) is 0 Å². The van der Waals surface area contributed by atoms with Crippen LogP contribution in [0, 0.1) is 0 Å². The third-order valence-corrected chi connectivity index (χ3v) is 11.3. The number of hydrogen-bond acceptors (Lipinski definition) is 8. The van der Waals surface area contributed by atoms with Crippen molar-refractivity contribution in [1.29, 1.82) is 0 Å². The topological polar surface area (TPSA) is 105 Å². The molecule has 0 saturated carbocycles. The third-order valence-electron chi connectivity index (χ3n) is 11.3. The molecule has 2 atom stereocenters. The Hall–Kier alpha value is -2.12. The average molecular weight is 823 g/mol. The number of ether oxygens (including phenoxy) is 4. The van der Waals surface area contributed by atoms with Gasteiger partial charge in [0.15, 0.2) is 0 Å². The maximum absolute atomic E-state index is 12.1. The highest BCUT2D eigenvalue weighted by atomic mass is 16.5. The fourth-order valence-corrected chi connectivity index (χ4v) is 7.78. The summed E-state index contributed by atoms with van der Waals surface area (Å²) in [7, 11) is 0. The smallest absolute Gasteiger partial charge is 0.305 e. The third kappa shape index (κ3) is 43.5. The van der Waals surface area contributed by atoms with Crippen LogP contribution in [0.1, 0.15) is 272 Å². The van der Waals surface area contributed by atoms with Crippen molar-refractivity contribution in [3.8, 4) is 0 Å². The first-order chi connectivity index (χ1) is 28.3. The predicted octanol–water partition coefficient (Wildman–Crippen LogP) is 14.8. The van der Waals surface area contributed by atoms with E-state index in [1.165, 1.54) is 104 Å². The number of carbonyl (C=O) groups is 4. The van der Waals surface area contributed by atoms with Gasteiger partial charge in [-0.05, 0) is 77.0 Å². The highest BCUT2D eigenvalue weighted by Gasteiger charge is 2.13. The molecule has 0 aliphatic carbocycles. The van der Waals surface area contributed by atoms with Gasteiger partial charge < -0.3 is 18.9 Å². The second-order valence-electron chi connectivity index (χ2n) is 17.2. The monoisotopic (exact) mass is 823 g/mol. The lowest BCUT2D eigenvalue weighted by molar-refractivity contribution is -0.148. The van der Waals surface area contributed by atoms with Crippen LogP contribution in [-0.4, -0.2) is 49.3 Å². The summed E-state index contributed by atoms with van der Waals surface area (Å²) in [6, 6.07) is 0. The number of carbonyl (C=O) groups excluding carboxylic acids is 4. The lowest BCUT2D eigenvalue weighted by Gasteiger charge is -2.17. The van der Waals surface area contributed by atoms with Gasteiger partial charge in [0.25, 0.3) is 0 Å². The predicted molar refractivity (Wildman–Crippen MR) is 240 cm³/mol. The number of rotatable bonds is 45. The summed E-state index contributed by atoms with van der Waals surface area (Å²) in [5, 5.41) is 0. The van der Waals surface area contributed by atoms with E-state index in [1.807, 2.05) is 0 Å². The molecular formula is C50H94O8. The molecule has 0 aromatic heterocycles. The normalized spacial score (nSPS) is 12.3. The minimum absolute atomic E-state index is 0.0565. The Morgan fingerprint density at radius 1 is 0.328 bits per heavy atom. The van der Waals surface area contributed by atoms with E-state index >= 15 is 0 Å². The molecule has 0 aliphatic heterocycles. The van der Waals surface area contributed by atoms with Crippen LogP contribution >= 0.6 is 0 Å². The van der Waals surface area contributed by atoms with E-state index in [0.717, 1.165) is 141 Å². The zero-order valence-corrected chi connectivity index (χ0v) is 38.7. The summed E-state index contributed by atoms with van der Waals surface area (Å²) >= 11 is 0. The van der Waals surface area contributed by atoms with Crippen LogP contribution in [-0.2, 0) is 38.1 Å². The molecule has 0 heterocycles. The van der Waals surface area contributed by atoms with Gasteiger partial charge >= 0.3 is 23.9 Å². The number of hydrogen-bond donors (Lipinski definition) is 0. The van der Waals surface area contributed by atoms with Gasteiger partial charge in [-0.2, -0.15) is 0 Å². The van der Waals surface area contributed by atoms with Crippen molar-refractivity contribution in [2.75, 3.05) is 13.2 Å². The van der Waals surface area contributed by atoms with Gasteiger partial charge in [-0.15, -0.1) is 0 Å². The van der Waals surface area contributed by atoms with Crippen molar-refractivity contribution in [2.45, 2.75) is 284 Å². The van der Waals surface area contributed by atoms with Crippen molar-refractivity contribution >= 4 is 23.9 Å². The highest BCUT2D eigenvalue weighted by molar-refractivity contribution is 5.69. The van der Waals surface area contributed by atoms with Gasteiger partial charge in [0.1, 0.15) is 12.2 Å². The molecule has 0 amide bonds. The molecule has 0 radical (unpaired) electrons. The van der Waals surface area contributed by atoms with Crippen LogP contribution in [0.5, 0.6) is 0 Å². The average Bonchev–Trinajstić information content (AvgIpc) is 3.19. The molecule has 8 heteroatoms. The van der Waals surface area contributed by atoms with E-state index in [4.69, 9.17) is 18.9 Å². The van der Waals surface area contributed by atoms with Crippen molar-refractivity contribution in [3.05, 3.63) is 0 Å². The maximum atomic E-state index is 12.1. The van der Waals surface area contributed by atoms with Crippen LogP contribution in [0.2, 0.25) is 0 Å². The van der Waals surface area contributed by atoms with E-state index in [0.29, 0.717) is 26.1 Å². The van der Waals surface area contributed by atoms with Crippen LogP contribution in [0.25, 0.3) is 0 Å². The zero-order chi connectivity index (χ0) is 42.6. The number of unbranched alkanes of at least 4 members (excludes halogenated alkanes) is 27. The summed E-state index contributed by atoms with van der Waals surface area (Å²) in [6.45, 7) is 8.57. The molecule has 2 unspecified atom stereocenters. The molecule has 0 spiro atoms. The largest absolute Gasteiger partial charge is 0.466 e. The number of esters is 4. The van der Waals surface area contributed by atoms with Crippen LogP contribution < -0.4 is 0 Å². The Morgan fingerprint density at radius 2 is 0.569 bits per heavy atom. The maximum Gasteiger partial charge on any atom is 0.305 e. The fourth-order valence-electron chi connectivity index (χ4n) is 7.78. The van der Waals surface area contributed by atoms with Gasteiger partial charge in [-0.3, -0.25) is 19.2 Å². The molecule has 0 N–H and O–H groups in total. The fraction of sp³-hybridized carbons (Fsp3) is 0.920. The molecule has 342 valence electrons. The molecule has 0 bridgehead atoms. The minimum atomic E-state index is -0.169. The quantitative estimate of drug-likeness (QED) is 0.0340. The first-order valence-corrected chi connectivity index (χ1v) is 24.9. The molecule has 8 nitrogen and oxygen atoms in total. The summed E-state index contributed by atoms with van der Waals surface area (Å²) in [5.74, 6) is -0.465. The summed E-state index contributed by atoms with van der Waals surface area (Å²) in [6.07, 6.45) is 42.0. The Bertz CT molecular complexity index is 937. The van der Waals surface area contributed by atoms with E-state index in [9.17, 15) is 19.2 Å². The second kappa shape index (κ2) is 44.4. The molecular weight excluding hydrogens is 729 g/mol. The minimum Gasteiger partial charge on any atom is -0.466 e. The second-order valence-corrected chi connectivity index (χ2v) is 17.2. The van der Waals surface area contributed by atoms with Gasteiger partial charge in [-0.1, -0.05) is 168 Å².